The molecule has 1 saturated heterocycles. The monoisotopic (exact) mass is 664 g/mol. The van der Waals surface area contributed by atoms with Gasteiger partial charge in [0.1, 0.15) is 35.2 Å². The number of benzene rings is 2. The molecule has 1 fully saturated rings. The van der Waals surface area contributed by atoms with E-state index in [2.05, 4.69) is 20.6 Å². The maximum absolute atomic E-state index is 14.7. The number of rotatable bonds is 7. The molecule has 0 aliphatic carbocycles. The summed E-state index contributed by atoms with van der Waals surface area (Å²) >= 11 is 0. The summed E-state index contributed by atoms with van der Waals surface area (Å²) in [6.45, 7) is 3.29. The minimum absolute atomic E-state index is 0.0103. The van der Waals surface area contributed by atoms with Gasteiger partial charge in [-0.3, -0.25) is 14.6 Å². The number of amides is 4. The fourth-order valence-corrected chi connectivity index (χ4v) is 5.97. The zero-order valence-corrected chi connectivity index (χ0v) is 26.1. The Hall–Kier alpha value is -5.27. The summed E-state index contributed by atoms with van der Waals surface area (Å²) in [4.78, 5) is 49.2. The number of pyridine rings is 2. The summed E-state index contributed by atoms with van der Waals surface area (Å²) < 4.78 is 63.7. The Labute approximate surface area is 272 Å². The summed E-state index contributed by atoms with van der Waals surface area (Å²) in [5, 5.41) is 5.70. The number of urea groups is 1. The van der Waals surface area contributed by atoms with Crippen molar-refractivity contribution in [3.05, 3.63) is 82.9 Å². The lowest BCUT2D eigenvalue weighted by Crippen LogP contribution is -2.40. The third-order valence-corrected chi connectivity index (χ3v) is 8.79. The number of fused-ring (bicyclic) bond motifs is 2. The Balaban J connectivity index is 1.35. The van der Waals surface area contributed by atoms with E-state index in [1.807, 2.05) is 0 Å². The van der Waals surface area contributed by atoms with Crippen molar-refractivity contribution < 1.29 is 36.7 Å². The van der Waals surface area contributed by atoms with Crippen molar-refractivity contribution in [3.8, 4) is 17.0 Å². The smallest absolute Gasteiger partial charge is 0.398 e. The molecule has 4 aromatic rings. The second-order valence-electron chi connectivity index (χ2n) is 12.3. The molecule has 0 bridgehead atoms. The molecular weight excluding hydrogens is 632 g/mol. The van der Waals surface area contributed by atoms with Gasteiger partial charge in [0.05, 0.1) is 16.9 Å². The topological polar surface area (TPSA) is 140 Å². The summed E-state index contributed by atoms with van der Waals surface area (Å²) in [5.74, 6) is -4.45. The van der Waals surface area contributed by atoms with Crippen LogP contribution in [0.15, 0.2) is 54.7 Å². The summed E-state index contributed by atoms with van der Waals surface area (Å²) in [7, 11) is 0. The molecule has 0 saturated carbocycles. The zero-order chi connectivity index (χ0) is 34.4. The maximum Gasteiger partial charge on any atom is 0.398 e. The lowest BCUT2D eigenvalue weighted by atomic mass is 9.82. The van der Waals surface area contributed by atoms with Gasteiger partial charge in [-0.15, -0.1) is 0 Å². The number of anilines is 1. The molecule has 250 valence electrons. The van der Waals surface area contributed by atoms with Gasteiger partial charge in [-0.05, 0) is 80.8 Å². The molecule has 4 N–H and O–H groups in total. The average Bonchev–Trinajstić information content (AvgIpc) is 3.70. The van der Waals surface area contributed by atoms with Crippen molar-refractivity contribution in [2.45, 2.75) is 44.2 Å². The quantitative estimate of drug-likeness (QED) is 0.221. The fourth-order valence-electron chi connectivity index (χ4n) is 5.97. The Morgan fingerprint density at radius 3 is 2.46 bits per heavy atom. The Kier molecular flexibility index (Phi) is 8.44. The number of nitrogens with two attached hydrogens (primary N) is 1. The van der Waals surface area contributed by atoms with Crippen LogP contribution in [-0.4, -0.2) is 65.1 Å². The first kappa shape index (κ1) is 32.7. The molecule has 0 spiro atoms. The molecule has 1 unspecified atom stereocenters. The molecule has 0 radical (unpaired) electrons. The number of alkyl halides is 3. The van der Waals surface area contributed by atoms with Gasteiger partial charge < -0.3 is 26.0 Å². The van der Waals surface area contributed by atoms with Gasteiger partial charge in [-0.25, -0.2) is 14.2 Å². The van der Waals surface area contributed by atoms with E-state index in [0.717, 1.165) is 36.6 Å². The molecular formula is C34H32F4N6O4. The van der Waals surface area contributed by atoms with Crippen LogP contribution in [0.1, 0.15) is 52.9 Å². The lowest BCUT2D eigenvalue weighted by Gasteiger charge is -2.24. The molecule has 6 rings (SSSR count). The first-order valence-corrected chi connectivity index (χ1v) is 15.3. The van der Waals surface area contributed by atoms with Crippen LogP contribution < -0.4 is 21.1 Å². The van der Waals surface area contributed by atoms with Crippen LogP contribution in [0, 0.1) is 12.7 Å². The number of aromatic nitrogens is 2. The predicted octanol–water partition coefficient (Wildman–Crippen LogP) is 5.58. The number of carbonyl (C=O) groups excluding carboxylic acids is 3. The predicted molar refractivity (Wildman–Crippen MR) is 169 cm³/mol. The Morgan fingerprint density at radius 2 is 1.79 bits per heavy atom. The fraction of sp³-hybridized carbons (Fsp3) is 0.324. The van der Waals surface area contributed by atoms with E-state index in [4.69, 9.17) is 10.5 Å². The number of nitrogens with one attached hydrogen (secondary N) is 2. The van der Waals surface area contributed by atoms with E-state index < -0.39 is 47.4 Å². The summed E-state index contributed by atoms with van der Waals surface area (Å²) in [5.41, 5.74) is 5.51. The number of aryl methyl sites for hydroxylation is 1. The van der Waals surface area contributed by atoms with Crippen LogP contribution in [0.4, 0.5) is 28.0 Å². The average molecular weight is 665 g/mol. The number of carbonyl (C=O) groups is 3. The highest BCUT2D eigenvalue weighted by atomic mass is 19.4. The van der Waals surface area contributed by atoms with Crippen LogP contribution in [0.25, 0.3) is 22.2 Å². The molecule has 4 amide bonds. The first-order chi connectivity index (χ1) is 22.7. The van der Waals surface area contributed by atoms with Crippen LogP contribution in [0.3, 0.4) is 0 Å². The number of nitrogens with zero attached hydrogens (tertiary/aromatic N) is 3. The molecule has 48 heavy (non-hydrogen) atoms. The number of ether oxygens (including phenoxy) is 1. The Morgan fingerprint density at radius 1 is 1.08 bits per heavy atom. The Bertz CT molecular complexity index is 1930. The number of halogens is 4. The van der Waals surface area contributed by atoms with E-state index in [-0.39, 0.29) is 46.5 Å². The lowest BCUT2D eigenvalue weighted by molar-refractivity contribution is -0.149. The largest absolute Gasteiger partial charge is 0.489 e. The van der Waals surface area contributed by atoms with Crippen molar-refractivity contribution in [3.63, 3.8) is 0 Å². The zero-order valence-electron chi connectivity index (χ0n) is 26.1. The third-order valence-electron chi connectivity index (χ3n) is 8.79. The van der Waals surface area contributed by atoms with Crippen LogP contribution in [0.2, 0.25) is 0 Å². The molecule has 2 aliphatic heterocycles. The van der Waals surface area contributed by atoms with E-state index in [0.29, 0.717) is 24.0 Å². The second-order valence-corrected chi connectivity index (χ2v) is 12.3. The summed E-state index contributed by atoms with van der Waals surface area (Å²) in [6.07, 6.45) is -1.54. The van der Waals surface area contributed by atoms with Gasteiger partial charge in [0.15, 0.2) is 0 Å². The number of primary amides is 1. The molecule has 2 aromatic carbocycles. The van der Waals surface area contributed by atoms with Gasteiger partial charge in [-0.2, -0.15) is 13.2 Å². The van der Waals surface area contributed by atoms with Crippen molar-refractivity contribution in [2.75, 3.05) is 31.6 Å². The normalized spacial score (nSPS) is 17.9. The highest BCUT2D eigenvalue weighted by molar-refractivity contribution is 6.05. The molecule has 2 aliphatic rings. The maximum atomic E-state index is 14.7. The van der Waals surface area contributed by atoms with Gasteiger partial charge >= 0.3 is 12.2 Å². The minimum Gasteiger partial charge on any atom is -0.489 e. The molecule has 14 heteroatoms. The first-order valence-electron chi connectivity index (χ1n) is 15.3. The van der Waals surface area contributed by atoms with Gasteiger partial charge in [0.2, 0.25) is 5.91 Å². The van der Waals surface area contributed by atoms with Crippen molar-refractivity contribution >= 4 is 34.4 Å². The summed E-state index contributed by atoms with van der Waals surface area (Å²) in [6, 6.07) is 10.3. The minimum atomic E-state index is -4.89. The third kappa shape index (κ3) is 6.21. The SMILES string of the molecule is Cc1cnc2c(NC(=O)N3CCCC3)cc(C(=O)NCC(c3cc4c(c(-c5ccc(F)cc5)n3)OC[C@]4(C)C(N)=O)C(F)(F)F)cc2c1. The van der Waals surface area contributed by atoms with Crippen molar-refractivity contribution in [1.82, 2.24) is 20.2 Å². The van der Waals surface area contributed by atoms with Gasteiger partial charge in [-0.1, -0.05) is 0 Å². The second kappa shape index (κ2) is 12.4. The number of likely N-dealkylation sites (tertiary alicyclic amines) is 1. The van der Waals surface area contributed by atoms with Gasteiger partial charge in [0, 0.05) is 47.9 Å². The van der Waals surface area contributed by atoms with Crippen LogP contribution in [0.5, 0.6) is 5.75 Å². The number of hydrogen-bond acceptors (Lipinski definition) is 6. The highest BCUT2D eigenvalue weighted by Gasteiger charge is 2.47. The van der Waals surface area contributed by atoms with Crippen LogP contribution in [-0.2, 0) is 10.2 Å². The highest BCUT2D eigenvalue weighted by Crippen LogP contribution is 2.46. The standard InChI is InChI=1S/C34H32F4N6O4/c1-18-11-20-12-21(13-26(27(20)40-15-18)43-32(47)44-9-3-4-10-44)30(45)41-16-24(34(36,37)38)25-14-23-29(48-17-33(23,2)31(39)46)28(42-25)19-5-7-22(35)8-6-19/h5-8,11-15,24H,3-4,9-10,16-17H2,1-2H3,(H2,39,46)(H,41,45)(H,43,47)/t24?,33-/m0/s1. The number of hydrogen-bond donors (Lipinski definition) is 3. The van der Waals surface area contributed by atoms with E-state index in [1.54, 1.807) is 24.1 Å². The molecule has 4 heterocycles. The molecule has 2 aromatic heterocycles. The van der Waals surface area contributed by atoms with Crippen LogP contribution >= 0.6 is 0 Å². The van der Waals surface area contributed by atoms with Crippen molar-refractivity contribution in [2.24, 2.45) is 5.73 Å². The van der Waals surface area contributed by atoms with E-state index in [1.165, 1.54) is 31.2 Å². The molecule has 2 atom stereocenters. The van der Waals surface area contributed by atoms with Gasteiger partial charge in [0.25, 0.3) is 5.91 Å². The van der Waals surface area contributed by atoms with Crippen molar-refractivity contribution in [1.29, 1.82) is 0 Å². The molecule has 10 nitrogen and oxygen atoms in total. The van der Waals surface area contributed by atoms with E-state index in [9.17, 15) is 31.9 Å². The van der Waals surface area contributed by atoms with E-state index >= 15 is 0 Å².